The second-order valence-electron chi connectivity index (χ2n) is 6.04. The Kier molecular flexibility index (Phi) is 5.57. The number of sulfone groups is 1. The van der Waals surface area contributed by atoms with Crippen LogP contribution in [0.5, 0.6) is 0 Å². The molecule has 1 aliphatic heterocycles. The van der Waals surface area contributed by atoms with Crippen LogP contribution >= 0.6 is 11.6 Å². The first kappa shape index (κ1) is 18.1. The van der Waals surface area contributed by atoms with Crippen LogP contribution in [0.1, 0.15) is 20.8 Å². The predicted molar refractivity (Wildman–Crippen MR) is 93.8 cm³/mol. The van der Waals surface area contributed by atoms with Crippen LogP contribution in [-0.2, 0) is 14.6 Å². The largest absolute Gasteiger partial charge is 0.367 e. The lowest BCUT2D eigenvalue weighted by Crippen LogP contribution is -2.52. The molecule has 0 radical (unpaired) electrons. The molecule has 0 aromatic heterocycles. The molecule has 1 aromatic rings. The Morgan fingerprint density at radius 2 is 1.65 bits per heavy atom. The van der Waals surface area contributed by atoms with Gasteiger partial charge in [0.15, 0.2) is 9.84 Å². The van der Waals surface area contributed by atoms with Gasteiger partial charge in [-0.25, -0.2) is 8.42 Å². The summed E-state index contributed by atoms with van der Waals surface area (Å²) in [5, 5.41) is -0.858. The Hall–Kier alpha value is -1.27. The number of halogens is 1. The van der Waals surface area contributed by atoms with Crippen LogP contribution < -0.4 is 4.90 Å². The van der Waals surface area contributed by atoms with Crippen LogP contribution in [0.2, 0.25) is 5.02 Å². The number of nitrogens with zero attached hydrogens (tertiary/aromatic N) is 2. The van der Waals surface area contributed by atoms with Crippen molar-refractivity contribution in [3.63, 3.8) is 0 Å². The fourth-order valence-electron chi connectivity index (χ4n) is 2.68. The molecule has 0 N–H and O–H groups in total. The molecule has 0 saturated carbocycles. The first-order chi connectivity index (χ1) is 10.7. The molecule has 7 heteroatoms. The summed E-state index contributed by atoms with van der Waals surface area (Å²) < 4.78 is 24.3. The molecule has 0 aliphatic carbocycles. The summed E-state index contributed by atoms with van der Waals surface area (Å²) in [5.74, 6) is -0.308. The van der Waals surface area contributed by atoms with E-state index < -0.39 is 20.3 Å². The van der Waals surface area contributed by atoms with Crippen molar-refractivity contribution in [3.05, 3.63) is 29.3 Å². The zero-order valence-electron chi connectivity index (χ0n) is 13.7. The highest BCUT2D eigenvalue weighted by molar-refractivity contribution is 7.93. The highest BCUT2D eigenvalue weighted by atomic mass is 35.5. The third kappa shape index (κ3) is 3.80. The quantitative estimate of drug-likeness (QED) is 0.828. The number of piperazine rings is 1. The number of amides is 1. The van der Waals surface area contributed by atoms with E-state index in [0.717, 1.165) is 5.69 Å². The second-order valence-corrected chi connectivity index (χ2v) is 9.28. The smallest absolute Gasteiger partial charge is 0.240 e. The molecule has 5 nitrogen and oxygen atoms in total. The van der Waals surface area contributed by atoms with Gasteiger partial charge in [-0.1, -0.05) is 23.7 Å². The van der Waals surface area contributed by atoms with Crippen LogP contribution in [0.4, 0.5) is 5.69 Å². The maximum atomic E-state index is 12.5. The summed E-state index contributed by atoms with van der Waals surface area (Å²) in [6, 6.07) is 7.59. The van der Waals surface area contributed by atoms with E-state index in [9.17, 15) is 13.2 Å². The molecule has 1 unspecified atom stereocenters. The van der Waals surface area contributed by atoms with Crippen LogP contribution in [0, 0.1) is 0 Å². The van der Waals surface area contributed by atoms with Gasteiger partial charge in [0.2, 0.25) is 5.91 Å². The summed E-state index contributed by atoms with van der Waals surface area (Å²) in [6.07, 6.45) is 0. The lowest BCUT2D eigenvalue weighted by atomic mass is 10.2. The number of carbonyl (C=O) groups is 1. The molecule has 23 heavy (non-hydrogen) atoms. The van der Waals surface area contributed by atoms with Crippen molar-refractivity contribution in [1.29, 1.82) is 0 Å². The Morgan fingerprint density at radius 3 is 2.17 bits per heavy atom. The van der Waals surface area contributed by atoms with Gasteiger partial charge in [0, 0.05) is 26.2 Å². The molecule has 1 aliphatic rings. The summed E-state index contributed by atoms with van der Waals surface area (Å²) in [5.41, 5.74) is 0.948. The van der Waals surface area contributed by atoms with Crippen LogP contribution in [-0.4, -0.2) is 55.9 Å². The second kappa shape index (κ2) is 7.09. The standard InChI is InChI=1S/C16H23ClN2O3S/c1-12(2)23(21,22)13(3)16(20)19-10-8-18(9-11-19)15-7-5-4-6-14(15)17/h4-7,12-13H,8-11H2,1-3H3. The summed E-state index contributed by atoms with van der Waals surface area (Å²) in [7, 11) is -3.42. The highest BCUT2D eigenvalue weighted by Crippen LogP contribution is 2.26. The number of hydrogen-bond acceptors (Lipinski definition) is 4. The fraction of sp³-hybridized carbons (Fsp3) is 0.562. The average Bonchev–Trinajstić information content (AvgIpc) is 2.54. The zero-order valence-corrected chi connectivity index (χ0v) is 15.3. The minimum Gasteiger partial charge on any atom is -0.367 e. The third-order valence-electron chi connectivity index (χ3n) is 4.28. The van der Waals surface area contributed by atoms with Crippen LogP contribution in [0.3, 0.4) is 0 Å². The first-order valence-electron chi connectivity index (χ1n) is 7.76. The van der Waals surface area contributed by atoms with E-state index in [2.05, 4.69) is 4.90 Å². The minimum atomic E-state index is -3.42. The van der Waals surface area contributed by atoms with Crippen LogP contribution in [0.25, 0.3) is 0 Å². The zero-order chi connectivity index (χ0) is 17.2. The van der Waals surface area contributed by atoms with Gasteiger partial charge in [0.1, 0.15) is 5.25 Å². The number of benzene rings is 1. The van der Waals surface area contributed by atoms with Gasteiger partial charge in [-0.3, -0.25) is 4.79 Å². The lowest BCUT2D eigenvalue weighted by Gasteiger charge is -2.37. The Bertz CT molecular complexity index is 668. The third-order valence-corrected chi connectivity index (χ3v) is 7.10. The molecular formula is C16H23ClN2O3S. The van der Waals surface area contributed by atoms with Gasteiger partial charge >= 0.3 is 0 Å². The number of para-hydroxylation sites is 1. The van der Waals surface area contributed by atoms with Gasteiger partial charge in [0.25, 0.3) is 0 Å². The van der Waals surface area contributed by atoms with E-state index in [1.54, 1.807) is 18.7 Å². The normalized spacial score (nSPS) is 17.4. The van der Waals surface area contributed by atoms with Crippen molar-refractivity contribution in [2.45, 2.75) is 31.3 Å². The van der Waals surface area contributed by atoms with Crippen molar-refractivity contribution >= 4 is 33.0 Å². The molecule has 0 bridgehead atoms. The van der Waals surface area contributed by atoms with Crippen LogP contribution in [0.15, 0.2) is 24.3 Å². The fourth-order valence-corrected chi connectivity index (χ4v) is 4.18. The Morgan fingerprint density at radius 1 is 1.09 bits per heavy atom. The SMILES string of the molecule is CC(C)S(=O)(=O)C(C)C(=O)N1CCN(c2ccccc2Cl)CC1. The summed E-state index contributed by atoms with van der Waals surface area (Å²) in [4.78, 5) is 16.2. The predicted octanol–water partition coefficient (Wildman–Crippen LogP) is 2.20. The molecule has 1 aromatic carbocycles. The molecule has 1 heterocycles. The van der Waals surface area contributed by atoms with E-state index in [0.29, 0.717) is 31.2 Å². The van der Waals surface area contributed by atoms with Crippen molar-refractivity contribution in [2.24, 2.45) is 0 Å². The summed E-state index contributed by atoms with van der Waals surface area (Å²) >= 11 is 6.20. The number of rotatable bonds is 4. The molecule has 1 saturated heterocycles. The van der Waals surface area contributed by atoms with Gasteiger partial charge in [-0.15, -0.1) is 0 Å². The average molecular weight is 359 g/mol. The van der Waals surface area contributed by atoms with Crippen molar-refractivity contribution in [1.82, 2.24) is 4.90 Å². The van der Waals surface area contributed by atoms with Crippen molar-refractivity contribution < 1.29 is 13.2 Å². The molecule has 2 rings (SSSR count). The molecule has 0 spiro atoms. The number of carbonyl (C=O) groups excluding carboxylic acids is 1. The minimum absolute atomic E-state index is 0.308. The van der Waals surface area contributed by atoms with Gasteiger partial charge in [-0.2, -0.15) is 0 Å². The highest BCUT2D eigenvalue weighted by Gasteiger charge is 2.35. The maximum Gasteiger partial charge on any atom is 0.240 e. The van der Waals surface area contributed by atoms with Gasteiger partial charge < -0.3 is 9.80 Å². The maximum absolute atomic E-state index is 12.5. The lowest BCUT2D eigenvalue weighted by molar-refractivity contribution is -0.130. The van der Waals surface area contributed by atoms with E-state index in [1.165, 1.54) is 6.92 Å². The molecule has 1 amide bonds. The van der Waals surface area contributed by atoms with E-state index in [-0.39, 0.29) is 5.91 Å². The van der Waals surface area contributed by atoms with E-state index in [1.807, 2.05) is 24.3 Å². The van der Waals surface area contributed by atoms with E-state index in [4.69, 9.17) is 11.6 Å². The van der Waals surface area contributed by atoms with Gasteiger partial charge in [0.05, 0.1) is 16.0 Å². The number of hydrogen-bond donors (Lipinski definition) is 0. The first-order valence-corrected chi connectivity index (χ1v) is 9.75. The Labute approximate surface area is 143 Å². The molecular weight excluding hydrogens is 336 g/mol. The molecule has 128 valence electrons. The van der Waals surface area contributed by atoms with Crippen molar-refractivity contribution in [3.8, 4) is 0 Å². The number of anilines is 1. The van der Waals surface area contributed by atoms with E-state index >= 15 is 0 Å². The summed E-state index contributed by atoms with van der Waals surface area (Å²) in [6.45, 7) is 6.98. The molecule has 1 atom stereocenters. The monoisotopic (exact) mass is 358 g/mol. The topological polar surface area (TPSA) is 57.7 Å². The Balaban J connectivity index is 2.02. The van der Waals surface area contributed by atoms with Gasteiger partial charge in [-0.05, 0) is 32.9 Å². The molecule has 1 fully saturated rings. The van der Waals surface area contributed by atoms with Crippen molar-refractivity contribution in [2.75, 3.05) is 31.1 Å².